The summed E-state index contributed by atoms with van der Waals surface area (Å²) < 4.78 is 62.3. The highest BCUT2D eigenvalue weighted by molar-refractivity contribution is 7.89. The summed E-state index contributed by atoms with van der Waals surface area (Å²) >= 11 is 11.8. The largest absolute Gasteiger partial charge is 0.487 e. The number of halogens is 4. The smallest absolute Gasteiger partial charge is 0.307 e. The van der Waals surface area contributed by atoms with E-state index in [9.17, 15) is 22.0 Å². The summed E-state index contributed by atoms with van der Waals surface area (Å²) in [6.45, 7) is -0.385. The molecule has 0 bridgehead atoms. The third kappa shape index (κ3) is 6.30. The van der Waals surface area contributed by atoms with Gasteiger partial charge in [-0.2, -0.15) is 0 Å². The van der Waals surface area contributed by atoms with Crippen LogP contribution in [0.1, 0.15) is 6.42 Å². The van der Waals surface area contributed by atoms with Crippen molar-refractivity contribution in [3.8, 4) is 5.75 Å². The maximum atomic E-state index is 13.1. The molecule has 0 aliphatic heterocycles. The van der Waals surface area contributed by atoms with Crippen LogP contribution < -0.4 is 9.46 Å². The van der Waals surface area contributed by atoms with Crippen molar-refractivity contribution in [1.29, 1.82) is 0 Å². The van der Waals surface area contributed by atoms with Crippen molar-refractivity contribution in [2.75, 3.05) is 19.8 Å². The van der Waals surface area contributed by atoms with Crippen molar-refractivity contribution in [2.45, 2.75) is 11.3 Å². The lowest BCUT2D eigenvalue weighted by Crippen LogP contribution is -2.27. The number of nitrogens with one attached hydrogen (secondary N) is 1. The minimum absolute atomic E-state index is 0.00419. The molecule has 0 aliphatic rings. The van der Waals surface area contributed by atoms with Gasteiger partial charge in [-0.05, 0) is 30.3 Å². The molecule has 0 aliphatic carbocycles. The minimum Gasteiger partial charge on any atom is -0.487 e. The topological polar surface area (TPSA) is 81.7 Å². The predicted molar refractivity (Wildman–Crippen MR) is 99.1 cm³/mol. The Morgan fingerprint density at radius 2 is 1.71 bits per heavy atom. The van der Waals surface area contributed by atoms with E-state index in [1.54, 1.807) is 18.2 Å². The van der Waals surface area contributed by atoms with Gasteiger partial charge in [0.1, 0.15) is 13.2 Å². The number of ether oxygens (including phenoxy) is 2. The Hall–Kier alpha value is -1.94. The van der Waals surface area contributed by atoms with Crippen LogP contribution in [0, 0.1) is 11.6 Å². The average molecular weight is 454 g/mol. The Morgan fingerprint density at radius 1 is 1.04 bits per heavy atom. The van der Waals surface area contributed by atoms with E-state index in [1.165, 1.54) is 0 Å². The number of para-hydroxylation sites is 1. The van der Waals surface area contributed by atoms with Gasteiger partial charge in [0.05, 0.1) is 21.4 Å². The molecule has 0 unspecified atom stereocenters. The van der Waals surface area contributed by atoms with E-state index in [-0.39, 0.29) is 31.9 Å². The van der Waals surface area contributed by atoms with Crippen LogP contribution in [-0.2, 0) is 19.6 Å². The maximum absolute atomic E-state index is 13.1. The highest BCUT2D eigenvalue weighted by Gasteiger charge is 2.17. The van der Waals surface area contributed by atoms with Gasteiger partial charge in [-0.1, -0.05) is 29.3 Å². The van der Waals surface area contributed by atoms with Crippen molar-refractivity contribution >= 4 is 39.2 Å². The summed E-state index contributed by atoms with van der Waals surface area (Å²) in [5.41, 5.74) is 0. The van der Waals surface area contributed by atoms with Gasteiger partial charge in [0, 0.05) is 6.54 Å². The maximum Gasteiger partial charge on any atom is 0.307 e. The van der Waals surface area contributed by atoms with Gasteiger partial charge in [-0.25, -0.2) is 21.9 Å². The zero-order chi connectivity index (χ0) is 20.7. The molecule has 0 spiro atoms. The Bertz CT molecular complexity index is 936. The fourth-order valence-corrected chi connectivity index (χ4v) is 3.56. The Balaban J connectivity index is 1.73. The molecule has 152 valence electrons. The predicted octanol–water partition coefficient (Wildman–Crippen LogP) is 3.56. The third-order valence-electron chi connectivity index (χ3n) is 3.33. The summed E-state index contributed by atoms with van der Waals surface area (Å²) in [6, 6.07) is 6.99. The van der Waals surface area contributed by atoms with E-state index < -0.39 is 32.5 Å². The van der Waals surface area contributed by atoms with Crippen LogP contribution in [0.3, 0.4) is 0 Å². The molecule has 0 fully saturated rings. The van der Waals surface area contributed by atoms with E-state index >= 15 is 0 Å². The van der Waals surface area contributed by atoms with Gasteiger partial charge < -0.3 is 9.47 Å². The second-order valence-electron chi connectivity index (χ2n) is 5.34. The van der Waals surface area contributed by atoms with E-state index in [4.69, 9.17) is 32.7 Å². The highest BCUT2D eigenvalue weighted by atomic mass is 35.5. The van der Waals surface area contributed by atoms with Crippen molar-refractivity contribution in [3.05, 3.63) is 58.1 Å². The van der Waals surface area contributed by atoms with Crippen LogP contribution in [0.2, 0.25) is 10.0 Å². The molecule has 2 rings (SSSR count). The van der Waals surface area contributed by atoms with E-state index in [1.807, 2.05) is 0 Å². The lowest BCUT2D eigenvalue weighted by atomic mass is 10.3. The number of hydrogen-bond acceptors (Lipinski definition) is 5. The van der Waals surface area contributed by atoms with Crippen LogP contribution >= 0.6 is 23.2 Å². The summed E-state index contributed by atoms with van der Waals surface area (Å²) in [5.74, 6) is -2.87. The molecule has 28 heavy (non-hydrogen) atoms. The van der Waals surface area contributed by atoms with Crippen molar-refractivity contribution < 1.29 is 31.5 Å². The molecule has 11 heteroatoms. The quantitative estimate of drug-likeness (QED) is 0.463. The van der Waals surface area contributed by atoms with E-state index in [0.717, 1.165) is 6.07 Å². The van der Waals surface area contributed by atoms with Crippen molar-refractivity contribution in [2.24, 2.45) is 0 Å². The normalized spacial score (nSPS) is 11.3. The first-order chi connectivity index (χ1) is 13.2. The summed E-state index contributed by atoms with van der Waals surface area (Å²) in [7, 11) is -4.08. The fraction of sp³-hybridized carbons (Fsp3) is 0.235. The van der Waals surface area contributed by atoms with Gasteiger partial charge >= 0.3 is 5.97 Å². The van der Waals surface area contributed by atoms with Crippen LogP contribution in [0.15, 0.2) is 41.3 Å². The average Bonchev–Trinajstić information content (AvgIpc) is 2.62. The lowest BCUT2D eigenvalue weighted by Gasteiger charge is -2.10. The first-order valence-corrected chi connectivity index (χ1v) is 10.1. The van der Waals surface area contributed by atoms with E-state index in [2.05, 4.69) is 4.72 Å². The van der Waals surface area contributed by atoms with Crippen molar-refractivity contribution in [1.82, 2.24) is 4.72 Å². The molecule has 1 N–H and O–H groups in total. The molecule has 0 radical (unpaired) electrons. The molecular formula is C17H15Cl2F2NO5S. The van der Waals surface area contributed by atoms with Gasteiger partial charge in [0.25, 0.3) is 0 Å². The SMILES string of the molecule is O=C(CCNS(=O)(=O)c1ccc(F)c(F)c1)OCCOc1c(Cl)cccc1Cl. The van der Waals surface area contributed by atoms with Crippen LogP contribution in [-0.4, -0.2) is 34.1 Å². The lowest BCUT2D eigenvalue weighted by molar-refractivity contribution is -0.144. The van der Waals surface area contributed by atoms with Crippen LogP contribution in [0.25, 0.3) is 0 Å². The molecule has 0 saturated heterocycles. The first-order valence-electron chi connectivity index (χ1n) is 7.88. The molecule has 2 aromatic rings. The van der Waals surface area contributed by atoms with Crippen molar-refractivity contribution in [3.63, 3.8) is 0 Å². The number of esters is 1. The highest BCUT2D eigenvalue weighted by Crippen LogP contribution is 2.32. The van der Waals surface area contributed by atoms with Gasteiger partial charge in [-0.15, -0.1) is 0 Å². The number of benzene rings is 2. The Morgan fingerprint density at radius 3 is 2.36 bits per heavy atom. The monoisotopic (exact) mass is 453 g/mol. The zero-order valence-corrected chi connectivity index (χ0v) is 16.6. The molecule has 2 aromatic carbocycles. The molecule has 0 amide bonds. The van der Waals surface area contributed by atoms with Gasteiger partial charge in [0.2, 0.25) is 10.0 Å². The Kier molecular flexibility index (Phi) is 7.99. The second kappa shape index (κ2) is 10.0. The number of sulfonamides is 1. The summed E-state index contributed by atoms with van der Waals surface area (Å²) in [5, 5.41) is 0.621. The first kappa shape index (κ1) is 22.4. The summed E-state index contributed by atoms with van der Waals surface area (Å²) in [4.78, 5) is 11.2. The van der Waals surface area contributed by atoms with Crippen LogP contribution in [0.5, 0.6) is 5.75 Å². The molecule has 0 saturated carbocycles. The third-order valence-corrected chi connectivity index (χ3v) is 5.39. The standard InChI is InChI=1S/C17H15Cl2F2NO5S/c18-12-2-1-3-13(19)17(12)27-9-8-26-16(23)6-7-22-28(24,25)11-4-5-14(20)15(21)10-11/h1-5,10,22H,6-9H2. The second-order valence-corrected chi connectivity index (χ2v) is 7.92. The van der Waals surface area contributed by atoms with Crippen LogP contribution in [0.4, 0.5) is 8.78 Å². The molecule has 0 atom stereocenters. The molecule has 0 aromatic heterocycles. The number of hydrogen-bond donors (Lipinski definition) is 1. The molecule has 6 nitrogen and oxygen atoms in total. The molecule has 0 heterocycles. The minimum atomic E-state index is -4.08. The van der Waals surface area contributed by atoms with Gasteiger partial charge in [0.15, 0.2) is 17.4 Å². The number of carbonyl (C=O) groups excluding carboxylic acids is 1. The zero-order valence-electron chi connectivity index (χ0n) is 14.3. The Labute approximate surface area is 170 Å². The number of rotatable bonds is 9. The van der Waals surface area contributed by atoms with E-state index in [0.29, 0.717) is 22.2 Å². The van der Waals surface area contributed by atoms with Gasteiger partial charge in [-0.3, -0.25) is 4.79 Å². The molecular weight excluding hydrogens is 439 g/mol. The summed E-state index contributed by atoms with van der Waals surface area (Å²) in [6.07, 6.45) is -0.268. The number of carbonyl (C=O) groups is 1. The fourth-order valence-electron chi connectivity index (χ4n) is 2.01.